The number of halogens is 1. The van der Waals surface area contributed by atoms with Gasteiger partial charge in [-0.3, -0.25) is 4.99 Å². The number of hydrogen-bond donors (Lipinski definition) is 1. The Balaban J connectivity index is 0.00000420. The summed E-state index contributed by atoms with van der Waals surface area (Å²) in [7, 11) is 1.83. The van der Waals surface area contributed by atoms with Crippen LogP contribution in [0.1, 0.15) is 53.4 Å². The third-order valence-corrected chi connectivity index (χ3v) is 5.22. The molecule has 1 saturated carbocycles. The molecule has 29 heavy (non-hydrogen) atoms. The van der Waals surface area contributed by atoms with Crippen LogP contribution in [-0.4, -0.2) is 80.4 Å². The molecule has 0 aromatic carbocycles. The van der Waals surface area contributed by atoms with E-state index in [2.05, 4.69) is 15.2 Å². The van der Waals surface area contributed by atoms with Crippen LogP contribution in [0, 0.1) is 11.8 Å². The summed E-state index contributed by atoms with van der Waals surface area (Å²) < 4.78 is 11.2. The van der Waals surface area contributed by atoms with Crippen molar-refractivity contribution in [3.8, 4) is 0 Å². The summed E-state index contributed by atoms with van der Waals surface area (Å²) >= 11 is 0. The minimum absolute atomic E-state index is 0. The van der Waals surface area contributed by atoms with E-state index in [-0.39, 0.29) is 30.1 Å². The Morgan fingerprint density at radius 1 is 1.17 bits per heavy atom. The first-order valence-corrected chi connectivity index (χ1v) is 10.8. The number of carbonyl (C=O) groups excluding carboxylic acids is 1. The van der Waals surface area contributed by atoms with Crippen molar-refractivity contribution in [2.45, 2.75) is 59.0 Å². The van der Waals surface area contributed by atoms with Gasteiger partial charge in [0.25, 0.3) is 0 Å². The van der Waals surface area contributed by atoms with Gasteiger partial charge < -0.3 is 24.6 Å². The Morgan fingerprint density at radius 3 is 2.34 bits per heavy atom. The van der Waals surface area contributed by atoms with Crippen LogP contribution in [0.15, 0.2) is 4.99 Å². The number of hydrogen-bond acceptors (Lipinski definition) is 4. The quantitative estimate of drug-likeness (QED) is 0.228. The third-order valence-electron chi connectivity index (χ3n) is 5.22. The predicted octanol–water partition coefficient (Wildman–Crippen LogP) is 3.58. The standard InChI is InChI=1S/C21H40N4O3.HI/c1-6-24(20(26)28-21(2,3)4)15-17-9-12-25(13-10-17)19(22-5)23-11-14-27-16-18-7-8-18;/h17-18H,6-16H2,1-5H3,(H,22,23);1H. The Hall–Kier alpha value is -0.770. The summed E-state index contributed by atoms with van der Waals surface area (Å²) in [5.41, 5.74) is -0.450. The van der Waals surface area contributed by atoms with E-state index in [0.717, 1.165) is 64.1 Å². The van der Waals surface area contributed by atoms with Gasteiger partial charge in [0.05, 0.1) is 6.61 Å². The Bertz CT molecular complexity index is 513. The van der Waals surface area contributed by atoms with E-state index in [1.807, 2.05) is 39.6 Å². The molecule has 2 fully saturated rings. The van der Waals surface area contributed by atoms with Gasteiger partial charge in [-0.2, -0.15) is 0 Å². The maximum Gasteiger partial charge on any atom is 0.410 e. The van der Waals surface area contributed by atoms with Crippen molar-refractivity contribution in [1.29, 1.82) is 0 Å². The number of guanidine groups is 1. The molecule has 1 heterocycles. The summed E-state index contributed by atoms with van der Waals surface area (Å²) in [6.07, 6.45) is 4.55. The summed E-state index contributed by atoms with van der Waals surface area (Å²) in [4.78, 5) is 20.9. The second kappa shape index (κ2) is 12.8. The van der Waals surface area contributed by atoms with E-state index < -0.39 is 5.60 Å². The molecule has 1 aliphatic heterocycles. The SMILES string of the molecule is CCN(CC1CCN(C(=NC)NCCOCC2CC2)CC1)C(=O)OC(C)(C)C.I. The average Bonchev–Trinajstić information content (AvgIpc) is 3.46. The highest BCUT2D eigenvalue weighted by molar-refractivity contribution is 14.0. The van der Waals surface area contributed by atoms with E-state index in [0.29, 0.717) is 12.5 Å². The molecule has 0 radical (unpaired) electrons. The van der Waals surface area contributed by atoms with Crippen LogP contribution in [0.5, 0.6) is 0 Å². The molecule has 1 aliphatic carbocycles. The number of carbonyl (C=O) groups is 1. The van der Waals surface area contributed by atoms with Crippen molar-refractivity contribution in [1.82, 2.24) is 15.1 Å². The molecule has 0 atom stereocenters. The van der Waals surface area contributed by atoms with Crippen LogP contribution in [-0.2, 0) is 9.47 Å². The van der Waals surface area contributed by atoms with Crippen LogP contribution in [0.3, 0.4) is 0 Å². The Labute approximate surface area is 194 Å². The first kappa shape index (κ1) is 26.3. The predicted molar refractivity (Wildman–Crippen MR) is 128 cm³/mol. The first-order valence-electron chi connectivity index (χ1n) is 10.8. The van der Waals surface area contributed by atoms with Crippen molar-refractivity contribution >= 4 is 36.0 Å². The van der Waals surface area contributed by atoms with Crippen LogP contribution < -0.4 is 5.32 Å². The molecule has 7 nitrogen and oxygen atoms in total. The smallest absolute Gasteiger partial charge is 0.410 e. The second-order valence-electron chi connectivity index (χ2n) is 8.94. The number of likely N-dealkylation sites (tertiary alicyclic amines) is 1. The van der Waals surface area contributed by atoms with Gasteiger partial charge in [0, 0.05) is 46.4 Å². The van der Waals surface area contributed by atoms with Gasteiger partial charge in [-0.1, -0.05) is 0 Å². The maximum atomic E-state index is 12.4. The maximum absolute atomic E-state index is 12.4. The van der Waals surface area contributed by atoms with Gasteiger partial charge in [-0.25, -0.2) is 4.79 Å². The Kier molecular flexibility index (Phi) is 11.6. The van der Waals surface area contributed by atoms with Gasteiger partial charge in [0.15, 0.2) is 5.96 Å². The molecule has 1 amide bonds. The lowest BCUT2D eigenvalue weighted by Gasteiger charge is -2.36. The fraction of sp³-hybridized carbons (Fsp3) is 0.905. The van der Waals surface area contributed by atoms with E-state index in [1.165, 1.54) is 12.8 Å². The normalized spacial score (nSPS) is 18.2. The first-order chi connectivity index (χ1) is 13.3. The largest absolute Gasteiger partial charge is 0.444 e. The number of aliphatic imine (C=N–C) groups is 1. The number of rotatable bonds is 8. The highest BCUT2D eigenvalue weighted by Crippen LogP contribution is 2.28. The van der Waals surface area contributed by atoms with Gasteiger partial charge in [-0.05, 0) is 65.2 Å². The van der Waals surface area contributed by atoms with E-state index in [1.54, 1.807) is 0 Å². The molecular formula is C21H41IN4O3. The van der Waals surface area contributed by atoms with Crippen molar-refractivity contribution in [3.63, 3.8) is 0 Å². The number of ether oxygens (including phenoxy) is 2. The van der Waals surface area contributed by atoms with Crippen LogP contribution in [0.2, 0.25) is 0 Å². The van der Waals surface area contributed by atoms with Gasteiger partial charge in [-0.15, -0.1) is 24.0 Å². The molecule has 0 unspecified atom stereocenters. The molecule has 0 spiro atoms. The van der Waals surface area contributed by atoms with E-state index >= 15 is 0 Å². The second-order valence-corrected chi connectivity index (χ2v) is 8.94. The van der Waals surface area contributed by atoms with Crippen LogP contribution in [0.25, 0.3) is 0 Å². The minimum atomic E-state index is -0.450. The highest BCUT2D eigenvalue weighted by atomic mass is 127. The van der Waals surface area contributed by atoms with Crippen molar-refractivity contribution in [2.75, 3.05) is 53.0 Å². The average molecular weight is 524 g/mol. The highest BCUT2D eigenvalue weighted by Gasteiger charge is 2.27. The lowest BCUT2D eigenvalue weighted by atomic mass is 9.96. The summed E-state index contributed by atoms with van der Waals surface area (Å²) in [6, 6.07) is 0. The molecule has 0 aromatic rings. The fourth-order valence-corrected chi connectivity index (χ4v) is 3.40. The molecule has 8 heteroatoms. The van der Waals surface area contributed by atoms with Crippen LogP contribution in [0.4, 0.5) is 4.79 Å². The molecule has 1 saturated heterocycles. The van der Waals surface area contributed by atoms with Crippen LogP contribution >= 0.6 is 24.0 Å². The third kappa shape index (κ3) is 10.2. The molecule has 2 aliphatic rings. The number of piperidine rings is 1. The summed E-state index contributed by atoms with van der Waals surface area (Å²) in [5.74, 6) is 2.26. The number of nitrogens with zero attached hydrogens (tertiary/aromatic N) is 3. The van der Waals surface area contributed by atoms with E-state index in [9.17, 15) is 4.79 Å². The van der Waals surface area contributed by atoms with Crippen molar-refractivity contribution in [2.24, 2.45) is 16.8 Å². The number of amides is 1. The monoisotopic (exact) mass is 524 g/mol. The zero-order valence-corrected chi connectivity index (χ0v) is 21.2. The number of nitrogens with one attached hydrogen (secondary N) is 1. The lowest BCUT2D eigenvalue weighted by Crippen LogP contribution is -2.48. The minimum Gasteiger partial charge on any atom is -0.444 e. The molecular weight excluding hydrogens is 483 g/mol. The zero-order valence-electron chi connectivity index (χ0n) is 18.9. The Morgan fingerprint density at radius 2 is 1.83 bits per heavy atom. The topological polar surface area (TPSA) is 66.4 Å². The molecule has 0 aromatic heterocycles. The molecule has 2 rings (SSSR count). The lowest BCUT2D eigenvalue weighted by molar-refractivity contribution is 0.0214. The molecule has 0 bridgehead atoms. The van der Waals surface area contributed by atoms with Gasteiger partial charge >= 0.3 is 6.09 Å². The van der Waals surface area contributed by atoms with Gasteiger partial charge in [0.1, 0.15) is 5.60 Å². The summed E-state index contributed by atoms with van der Waals surface area (Å²) in [6.45, 7) is 13.5. The molecule has 1 N–H and O–H groups in total. The summed E-state index contributed by atoms with van der Waals surface area (Å²) in [5, 5.41) is 3.41. The van der Waals surface area contributed by atoms with Crippen molar-refractivity contribution < 1.29 is 14.3 Å². The van der Waals surface area contributed by atoms with E-state index in [4.69, 9.17) is 9.47 Å². The zero-order chi connectivity index (χ0) is 20.6. The van der Waals surface area contributed by atoms with Gasteiger partial charge in [0.2, 0.25) is 0 Å². The molecule has 170 valence electrons. The van der Waals surface area contributed by atoms with Crippen molar-refractivity contribution in [3.05, 3.63) is 0 Å². The fourth-order valence-electron chi connectivity index (χ4n) is 3.40.